The van der Waals surface area contributed by atoms with Crippen molar-refractivity contribution in [2.24, 2.45) is 11.1 Å². The molecule has 0 amide bonds. The van der Waals surface area contributed by atoms with Crippen LogP contribution in [-0.2, 0) is 16.0 Å². The van der Waals surface area contributed by atoms with Gasteiger partial charge in [0.15, 0.2) is 0 Å². The highest BCUT2D eigenvalue weighted by Crippen LogP contribution is 2.28. The molecule has 146 valence electrons. The number of benzene rings is 2. The lowest BCUT2D eigenvalue weighted by atomic mass is 9.83. The first-order valence-corrected chi connectivity index (χ1v) is 9.24. The van der Waals surface area contributed by atoms with Gasteiger partial charge in [0.05, 0.1) is 12.0 Å². The second kappa shape index (κ2) is 9.31. The van der Waals surface area contributed by atoms with Crippen molar-refractivity contribution in [1.29, 1.82) is 0 Å². The Morgan fingerprint density at radius 3 is 2.56 bits per heavy atom. The number of carboxylic acids is 1. The van der Waals surface area contributed by atoms with Crippen LogP contribution < -0.4 is 5.73 Å². The Hall–Kier alpha value is -1.95. The van der Waals surface area contributed by atoms with Crippen LogP contribution in [0.1, 0.15) is 25.8 Å². The molecular formula is C21H25ClFNO3. The Kier molecular flexibility index (Phi) is 7.36. The average molecular weight is 394 g/mol. The zero-order valence-corrected chi connectivity index (χ0v) is 16.3. The highest BCUT2D eigenvalue weighted by molar-refractivity contribution is 6.30. The monoisotopic (exact) mass is 393 g/mol. The molecule has 2 atom stereocenters. The van der Waals surface area contributed by atoms with Gasteiger partial charge < -0.3 is 15.6 Å². The van der Waals surface area contributed by atoms with Crippen LogP contribution >= 0.6 is 11.6 Å². The first-order chi connectivity index (χ1) is 12.7. The van der Waals surface area contributed by atoms with E-state index in [0.29, 0.717) is 30.0 Å². The molecule has 2 rings (SSSR count). The molecule has 0 aliphatic rings. The van der Waals surface area contributed by atoms with Crippen molar-refractivity contribution in [3.05, 3.63) is 58.9 Å². The SMILES string of the molecule is CCOCC(C)(C[C@H](N)Cc1ccc(-c2cc(Cl)ccc2F)cc1)C(=O)O. The number of hydrogen-bond acceptors (Lipinski definition) is 3. The van der Waals surface area contributed by atoms with E-state index in [0.717, 1.165) is 11.1 Å². The summed E-state index contributed by atoms with van der Waals surface area (Å²) in [4.78, 5) is 11.6. The van der Waals surface area contributed by atoms with Crippen LogP contribution in [0.5, 0.6) is 0 Å². The second-order valence-electron chi connectivity index (χ2n) is 6.99. The molecule has 0 aliphatic carbocycles. The zero-order valence-electron chi connectivity index (χ0n) is 15.5. The summed E-state index contributed by atoms with van der Waals surface area (Å²) in [5.74, 6) is -1.25. The van der Waals surface area contributed by atoms with Gasteiger partial charge in [-0.3, -0.25) is 4.79 Å². The van der Waals surface area contributed by atoms with Gasteiger partial charge in [-0.15, -0.1) is 0 Å². The van der Waals surface area contributed by atoms with Crippen LogP contribution in [-0.4, -0.2) is 30.3 Å². The van der Waals surface area contributed by atoms with Crippen LogP contribution in [0.2, 0.25) is 5.02 Å². The maximum atomic E-state index is 14.0. The molecule has 1 unspecified atom stereocenters. The van der Waals surface area contributed by atoms with Crippen LogP contribution in [0.25, 0.3) is 11.1 Å². The van der Waals surface area contributed by atoms with E-state index in [-0.39, 0.29) is 18.5 Å². The van der Waals surface area contributed by atoms with Crippen molar-refractivity contribution in [1.82, 2.24) is 0 Å². The highest BCUT2D eigenvalue weighted by atomic mass is 35.5. The number of hydrogen-bond donors (Lipinski definition) is 2. The third-order valence-electron chi connectivity index (χ3n) is 4.55. The quantitative estimate of drug-likeness (QED) is 0.656. The molecule has 27 heavy (non-hydrogen) atoms. The molecule has 0 aromatic heterocycles. The molecule has 0 heterocycles. The number of halogens is 2. The summed E-state index contributed by atoms with van der Waals surface area (Å²) in [6.45, 7) is 4.06. The molecular weight excluding hydrogens is 369 g/mol. The van der Waals surface area contributed by atoms with Crippen LogP contribution in [0.4, 0.5) is 4.39 Å². The molecule has 0 saturated carbocycles. The molecule has 0 radical (unpaired) electrons. The van der Waals surface area contributed by atoms with Gasteiger partial charge in [0, 0.05) is 23.2 Å². The van der Waals surface area contributed by atoms with E-state index in [1.165, 1.54) is 12.1 Å². The molecule has 0 saturated heterocycles. The normalized spacial score (nSPS) is 14.6. The van der Waals surface area contributed by atoms with E-state index >= 15 is 0 Å². The summed E-state index contributed by atoms with van der Waals surface area (Å²) < 4.78 is 19.3. The zero-order chi connectivity index (χ0) is 20.0. The fraction of sp³-hybridized carbons (Fsp3) is 0.381. The Morgan fingerprint density at radius 1 is 1.30 bits per heavy atom. The lowest BCUT2D eigenvalue weighted by Crippen LogP contribution is -2.40. The Bertz CT molecular complexity index is 781. The van der Waals surface area contributed by atoms with Crippen molar-refractivity contribution in [3.63, 3.8) is 0 Å². The van der Waals surface area contributed by atoms with Gasteiger partial charge in [0.25, 0.3) is 0 Å². The molecule has 6 heteroatoms. The van der Waals surface area contributed by atoms with E-state index in [1.54, 1.807) is 13.0 Å². The molecule has 0 fully saturated rings. The van der Waals surface area contributed by atoms with E-state index in [9.17, 15) is 14.3 Å². The van der Waals surface area contributed by atoms with E-state index in [1.807, 2.05) is 31.2 Å². The van der Waals surface area contributed by atoms with Gasteiger partial charge in [0.1, 0.15) is 5.82 Å². The standard InChI is InChI=1S/C21H25ClFNO3/c1-3-27-13-21(2,20(25)26)12-17(24)10-14-4-6-15(7-5-14)18-11-16(22)8-9-19(18)23/h4-9,11,17H,3,10,12-13,24H2,1-2H3,(H,25,26)/t17-,21?/m1/s1. The minimum Gasteiger partial charge on any atom is -0.481 e. The highest BCUT2D eigenvalue weighted by Gasteiger charge is 2.35. The number of carboxylic acid groups (broad SMARTS) is 1. The number of nitrogens with two attached hydrogens (primary N) is 1. The van der Waals surface area contributed by atoms with E-state index in [4.69, 9.17) is 22.1 Å². The first kappa shape index (κ1) is 21.4. The van der Waals surface area contributed by atoms with Crippen molar-refractivity contribution in [2.75, 3.05) is 13.2 Å². The minimum absolute atomic E-state index is 0.125. The van der Waals surface area contributed by atoms with Gasteiger partial charge in [-0.2, -0.15) is 0 Å². The lowest BCUT2D eigenvalue weighted by Gasteiger charge is -2.27. The summed E-state index contributed by atoms with van der Waals surface area (Å²) in [6.07, 6.45) is 0.820. The van der Waals surface area contributed by atoms with Gasteiger partial charge in [-0.05, 0) is 56.0 Å². The van der Waals surface area contributed by atoms with Crippen molar-refractivity contribution in [3.8, 4) is 11.1 Å². The van der Waals surface area contributed by atoms with Crippen LogP contribution in [0, 0.1) is 11.2 Å². The molecule has 0 bridgehead atoms. The van der Waals surface area contributed by atoms with Crippen LogP contribution in [0.3, 0.4) is 0 Å². The summed E-state index contributed by atoms with van der Waals surface area (Å²) in [5, 5.41) is 9.98. The van der Waals surface area contributed by atoms with Crippen molar-refractivity contribution < 1.29 is 19.0 Å². The second-order valence-corrected chi connectivity index (χ2v) is 7.43. The predicted octanol–water partition coefficient (Wildman–Crippen LogP) is 4.53. The molecule has 0 aliphatic heterocycles. The predicted molar refractivity (Wildman–Crippen MR) is 105 cm³/mol. The number of aliphatic carboxylic acids is 1. The smallest absolute Gasteiger partial charge is 0.311 e. The molecule has 3 N–H and O–H groups in total. The Morgan fingerprint density at radius 2 is 1.96 bits per heavy atom. The maximum absolute atomic E-state index is 14.0. The minimum atomic E-state index is -1.03. The molecule has 2 aromatic carbocycles. The first-order valence-electron chi connectivity index (χ1n) is 8.86. The average Bonchev–Trinajstić information content (AvgIpc) is 2.62. The fourth-order valence-corrected chi connectivity index (χ4v) is 3.20. The van der Waals surface area contributed by atoms with Crippen molar-refractivity contribution in [2.45, 2.75) is 32.7 Å². The Labute approximate surface area is 164 Å². The van der Waals surface area contributed by atoms with E-state index < -0.39 is 11.4 Å². The summed E-state index contributed by atoms with van der Waals surface area (Å²) in [6, 6.07) is 11.5. The van der Waals surface area contributed by atoms with E-state index in [2.05, 4.69) is 0 Å². The third-order valence-corrected chi connectivity index (χ3v) is 4.78. The largest absolute Gasteiger partial charge is 0.481 e. The maximum Gasteiger partial charge on any atom is 0.311 e. The molecule has 2 aromatic rings. The number of carbonyl (C=O) groups is 1. The Balaban J connectivity index is 2.07. The molecule has 0 spiro atoms. The topological polar surface area (TPSA) is 72.5 Å². The van der Waals surface area contributed by atoms with Gasteiger partial charge in [-0.1, -0.05) is 35.9 Å². The summed E-state index contributed by atoms with van der Waals surface area (Å²) in [5.41, 5.74) is 7.29. The van der Waals surface area contributed by atoms with Gasteiger partial charge in [-0.25, -0.2) is 4.39 Å². The van der Waals surface area contributed by atoms with Gasteiger partial charge >= 0.3 is 5.97 Å². The number of rotatable bonds is 9. The summed E-state index contributed by atoms with van der Waals surface area (Å²) in [7, 11) is 0. The lowest BCUT2D eigenvalue weighted by molar-refractivity contribution is -0.152. The molecule has 4 nitrogen and oxygen atoms in total. The van der Waals surface area contributed by atoms with Crippen molar-refractivity contribution >= 4 is 17.6 Å². The fourth-order valence-electron chi connectivity index (χ4n) is 3.03. The summed E-state index contributed by atoms with van der Waals surface area (Å²) >= 11 is 5.95. The number of ether oxygens (including phenoxy) is 1. The van der Waals surface area contributed by atoms with Crippen LogP contribution in [0.15, 0.2) is 42.5 Å². The van der Waals surface area contributed by atoms with Gasteiger partial charge in [0.2, 0.25) is 0 Å². The third kappa shape index (κ3) is 5.76.